The number of piperazine rings is 1. The van der Waals surface area contributed by atoms with Gasteiger partial charge in [0, 0.05) is 31.7 Å². The van der Waals surface area contributed by atoms with Crippen LogP contribution in [0.15, 0.2) is 24.3 Å². The Morgan fingerprint density at radius 3 is 2.63 bits per heavy atom. The lowest BCUT2D eigenvalue weighted by Crippen LogP contribution is -2.53. The summed E-state index contributed by atoms with van der Waals surface area (Å²) in [5.74, 6) is 0. The summed E-state index contributed by atoms with van der Waals surface area (Å²) >= 11 is 0. The molecule has 2 rings (SSSR count). The molecule has 1 aromatic carbocycles. The van der Waals surface area contributed by atoms with E-state index in [4.69, 9.17) is 0 Å². The van der Waals surface area contributed by atoms with Crippen molar-refractivity contribution < 1.29 is 13.2 Å². The van der Waals surface area contributed by atoms with Gasteiger partial charge in [0.2, 0.25) is 0 Å². The molecule has 2 unspecified atom stereocenters. The molecule has 1 saturated heterocycles. The quantitative estimate of drug-likeness (QED) is 0.890. The number of halogens is 3. The van der Waals surface area contributed by atoms with Gasteiger partial charge in [-0.05, 0) is 25.5 Å². The van der Waals surface area contributed by atoms with E-state index in [-0.39, 0.29) is 6.04 Å². The second-order valence-corrected chi connectivity index (χ2v) is 5.24. The molecule has 19 heavy (non-hydrogen) atoms. The highest BCUT2D eigenvalue weighted by atomic mass is 19.4. The molecular formula is C14H19F3N2. The van der Waals surface area contributed by atoms with Crippen molar-refractivity contribution in [2.45, 2.75) is 38.7 Å². The van der Waals surface area contributed by atoms with Gasteiger partial charge >= 0.3 is 6.18 Å². The van der Waals surface area contributed by atoms with Gasteiger partial charge < -0.3 is 5.32 Å². The molecule has 2 nitrogen and oxygen atoms in total. The second-order valence-electron chi connectivity index (χ2n) is 5.24. The molecular weight excluding hydrogens is 253 g/mol. The zero-order chi connectivity index (χ0) is 14.0. The van der Waals surface area contributed by atoms with Gasteiger partial charge in [0.15, 0.2) is 0 Å². The number of hydrogen-bond acceptors (Lipinski definition) is 2. The van der Waals surface area contributed by atoms with Gasteiger partial charge in [-0.1, -0.05) is 18.2 Å². The van der Waals surface area contributed by atoms with E-state index in [0.29, 0.717) is 18.2 Å². The molecule has 0 spiro atoms. The van der Waals surface area contributed by atoms with Crippen LogP contribution in [0, 0.1) is 0 Å². The van der Waals surface area contributed by atoms with Crippen molar-refractivity contribution in [2.75, 3.05) is 13.1 Å². The number of alkyl halides is 3. The van der Waals surface area contributed by atoms with Crippen LogP contribution in [0.4, 0.5) is 13.2 Å². The maximum atomic E-state index is 12.9. The van der Waals surface area contributed by atoms with Crippen LogP contribution in [0.25, 0.3) is 0 Å². The van der Waals surface area contributed by atoms with Crippen molar-refractivity contribution in [3.05, 3.63) is 35.4 Å². The molecule has 0 amide bonds. The highest BCUT2D eigenvalue weighted by Crippen LogP contribution is 2.32. The van der Waals surface area contributed by atoms with Gasteiger partial charge in [-0.25, -0.2) is 0 Å². The highest BCUT2D eigenvalue weighted by molar-refractivity contribution is 5.29. The molecule has 1 heterocycles. The smallest absolute Gasteiger partial charge is 0.311 e. The molecule has 1 N–H and O–H groups in total. The Balaban J connectivity index is 2.19. The van der Waals surface area contributed by atoms with Crippen LogP contribution in [0.5, 0.6) is 0 Å². The Morgan fingerprint density at radius 1 is 1.26 bits per heavy atom. The average Bonchev–Trinajstić information content (AvgIpc) is 2.33. The first-order valence-electron chi connectivity index (χ1n) is 6.50. The molecule has 106 valence electrons. The Morgan fingerprint density at radius 2 is 1.95 bits per heavy atom. The van der Waals surface area contributed by atoms with E-state index < -0.39 is 11.7 Å². The van der Waals surface area contributed by atoms with Crippen LogP contribution in [0.1, 0.15) is 25.0 Å². The van der Waals surface area contributed by atoms with Gasteiger partial charge in [0.25, 0.3) is 0 Å². The second kappa shape index (κ2) is 5.51. The highest BCUT2D eigenvalue weighted by Gasteiger charge is 2.34. The molecule has 0 bridgehead atoms. The van der Waals surface area contributed by atoms with Gasteiger partial charge in [-0.3, -0.25) is 4.90 Å². The Bertz CT molecular complexity index is 431. The van der Waals surface area contributed by atoms with E-state index in [1.54, 1.807) is 12.1 Å². The summed E-state index contributed by atoms with van der Waals surface area (Å²) in [6.07, 6.45) is -4.28. The minimum atomic E-state index is -4.28. The predicted octanol–water partition coefficient (Wildman–Crippen LogP) is 2.89. The lowest BCUT2D eigenvalue weighted by atomic mass is 10.0. The third kappa shape index (κ3) is 3.48. The van der Waals surface area contributed by atoms with Crippen LogP contribution in [-0.2, 0) is 12.7 Å². The molecule has 0 aliphatic carbocycles. The van der Waals surface area contributed by atoms with Crippen LogP contribution in [0.3, 0.4) is 0 Å². The van der Waals surface area contributed by atoms with E-state index in [9.17, 15) is 13.2 Å². The van der Waals surface area contributed by atoms with E-state index in [1.807, 2.05) is 6.92 Å². The van der Waals surface area contributed by atoms with Gasteiger partial charge in [0.1, 0.15) is 0 Å². The van der Waals surface area contributed by atoms with E-state index in [1.165, 1.54) is 6.07 Å². The summed E-state index contributed by atoms with van der Waals surface area (Å²) in [6.45, 7) is 6.02. The standard InChI is InChI=1S/C14H19F3N2/c1-10-8-19(11(2)7-18-10)9-12-5-3-4-6-13(12)14(15,16)17/h3-6,10-11,18H,7-9H2,1-2H3. The molecule has 1 aliphatic rings. The van der Waals surface area contributed by atoms with Crippen molar-refractivity contribution in [3.63, 3.8) is 0 Å². The van der Waals surface area contributed by atoms with Crippen LogP contribution in [-0.4, -0.2) is 30.1 Å². The Labute approximate surface area is 111 Å². The van der Waals surface area contributed by atoms with Crippen LogP contribution in [0.2, 0.25) is 0 Å². The fourth-order valence-corrected chi connectivity index (χ4v) is 2.47. The molecule has 1 aromatic rings. The average molecular weight is 272 g/mol. The zero-order valence-corrected chi connectivity index (χ0v) is 11.2. The van der Waals surface area contributed by atoms with Crippen molar-refractivity contribution in [1.29, 1.82) is 0 Å². The van der Waals surface area contributed by atoms with E-state index >= 15 is 0 Å². The molecule has 0 radical (unpaired) electrons. The number of rotatable bonds is 2. The SMILES string of the molecule is CC1CN(Cc2ccccc2C(F)(F)F)C(C)CN1. The Kier molecular flexibility index (Phi) is 4.16. The number of benzene rings is 1. The summed E-state index contributed by atoms with van der Waals surface area (Å²) < 4.78 is 38.8. The summed E-state index contributed by atoms with van der Waals surface area (Å²) in [5, 5.41) is 3.33. The normalized spacial score (nSPS) is 25.5. The first kappa shape index (κ1) is 14.3. The van der Waals surface area contributed by atoms with Crippen LogP contribution >= 0.6 is 0 Å². The zero-order valence-electron chi connectivity index (χ0n) is 11.2. The maximum absolute atomic E-state index is 12.9. The van der Waals surface area contributed by atoms with E-state index in [0.717, 1.165) is 19.2 Å². The molecule has 1 aliphatic heterocycles. The van der Waals surface area contributed by atoms with Crippen molar-refractivity contribution in [1.82, 2.24) is 10.2 Å². The number of nitrogens with zero attached hydrogens (tertiary/aromatic N) is 1. The summed E-state index contributed by atoms with van der Waals surface area (Å²) in [7, 11) is 0. The molecule has 2 atom stereocenters. The number of hydrogen-bond donors (Lipinski definition) is 1. The largest absolute Gasteiger partial charge is 0.416 e. The predicted molar refractivity (Wildman–Crippen MR) is 68.8 cm³/mol. The first-order valence-corrected chi connectivity index (χ1v) is 6.50. The molecule has 1 fully saturated rings. The maximum Gasteiger partial charge on any atom is 0.416 e. The fraction of sp³-hybridized carbons (Fsp3) is 0.571. The minimum absolute atomic E-state index is 0.248. The third-order valence-corrected chi connectivity index (χ3v) is 3.59. The van der Waals surface area contributed by atoms with Gasteiger partial charge in [-0.2, -0.15) is 13.2 Å². The van der Waals surface area contributed by atoms with Gasteiger partial charge in [-0.15, -0.1) is 0 Å². The summed E-state index contributed by atoms with van der Waals surface area (Å²) in [5.41, 5.74) is -0.163. The first-order chi connectivity index (χ1) is 8.88. The van der Waals surface area contributed by atoms with Crippen molar-refractivity contribution in [2.24, 2.45) is 0 Å². The summed E-state index contributed by atoms with van der Waals surface area (Å²) in [6, 6.07) is 6.40. The third-order valence-electron chi connectivity index (χ3n) is 3.59. The lowest BCUT2D eigenvalue weighted by molar-refractivity contribution is -0.138. The van der Waals surface area contributed by atoms with Crippen molar-refractivity contribution in [3.8, 4) is 0 Å². The topological polar surface area (TPSA) is 15.3 Å². The van der Waals surface area contributed by atoms with Gasteiger partial charge in [0.05, 0.1) is 5.56 Å². The lowest BCUT2D eigenvalue weighted by Gasteiger charge is -2.37. The van der Waals surface area contributed by atoms with Crippen molar-refractivity contribution >= 4 is 0 Å². The fourth-order valence-electron chi connectivity index (χ4n) is 2.47. The van der Waals surface area contributed by atoms with Crippen LogP contribution < -0.4 is 5.32 Å². The molecule has 0 saturated carbocycles. The minimum Gasteiger partial charge on any atom is -0.311 e. The van der Waals surface area contributed by atoms with E-state index in [2.05, 4.69) is 17.1 Å². The Hall–Kier alpha value is -1.07. The number of nitrogens with one attached hydrogen (secondary N) is 1. The monoisotopic (exact) mass is 272 g/mol. The molecule has 0 aromatic heterocycles. The summed E-state index contributed by atoms with van der Waals surface area (Å²) in [4.78, 5) is 2.10. The molecule has 5 heteroatoms.